The van der Waals surface area contributed by atoms with Gasteiger partial charge in [0.15, 0.2) is 0 Å². The summed E-state index contributed by atoms with van der Waals surface area (Å²) in [5, 5.41) is 5.76. The molecule has 1 aromatic heterocycles. The first kappa shape index (κ1) is 11.7. The van der Waals surface area contributed by atoms with Gasteiger partial charge in [-0.1, -0.05) is 6.07 Å². The Kier molecular flexibility index (Phi) is 4.77. The quantitative estimate of drug-likeness (QED) is 0.716. The fourth-order valence-corrected chi connectivity index (χ4v) is 1.24. The third-order valence-corrected chi connectivity index (χ3v) is 1.99. The van der Waals surface area contributed by atoms with Crippen molar-refractivity contribution < 1.29 is 4.79 Å². The second-order valence-electron chi connectivity index (χ2n) is 3.42. The Bertz CT molecular complexity index is 325. The van der Waals surface area contributed by atoms with E-state index in [0.29, 0.717) is 12.2 Å². The lowest BCUT2D eigenvalue weighted by atomic mass is 10.3. The number of anilines is 1. The van der Waals surface area contributed by atoms with Gasteiger partial charge in [-0.25, -0.2) is 4.98 Å². The van der Waals surface area contributed by atoms with E-state index >= 15 is 0 Å². The summed E-state index contributed by atoms with van der Waals surface area (Å²) in [5.74, 6) is 0.646. The van der Waals surface area contributed by atoms with Crippen molar-refractivity contribution in [3.63, 3.8) is 0 Å². The van der Waals surface area contributed by atoms with Gasteiger partial charge >= 0.3 is 0 Å². The summed E-state index contributed by atoms with van der Waals surface area (Å²) in [7, 11) is 1.88. The zero-order valence-corrected chi connectivity index (χ0v) is 9.21. The number of amides is 1. The smallest absolute Gasteiger partial charge is 0.225 e. The molecule has 4 nitrogen and oxygen atoms in total. The highest BCUT2D eigenvalue weighted by Gasteiger charge is 2.02. The van der Waals surface area contributed by atoms with Gasteiger partial charge in [0.25, 0.3) is 0 Å². The van der Waals surface area contributed by atoms with Gasteiger partial charge in [-0.15, -0.1) is 0 Å². The van der Waals surface area contributed by atoms with Crippen LogP contribution in [0.25, 0.3) is 0 Å². The van der Waals surface area contributed by atoms with Crippen LogP contribution in [0.4, 0.5) is 5.82 Å². The van der Waals surface area contributed by atoms with Crippen molar-refractivity contribution >= 4 is 11.7 Å². The second-order valence-corrected chi connectivity index (χ2v) is 3.42. The molecule has 1 amide bonds. The number of pyridine rings is 1. The fourth-order valence-electron chi connectivity index (χ4n) is 1.24. The number of nitrogens with one attached hydrogen (secondary N) is 2. The number of hydrogen-bond donors (Lipinski definition) is 2. The Morgan fingerprint density at radius 3 is 2.93 bits per heavy atom. The first-order valence-corrected chi connectivity index (χ1v) is 5.10. The van der Waals surface area contributed by atoms with E-state index in [1.807, 2.05) is 26.1 Å². The molecule has 2 N–H and O–H groups in total. The van der Waals surface area contributed by atoms with Crippen LogP contribution in [-0.2, 0) is 4.79 Å². The highest BCUT2D eigenvalue weighted by molar-refractivity contribution is 5.89. The molecule has 0 fully saturated rings. The number of nitrogens with zero attached hydrogens (tertiary/aromatic N) is 1. The van der Waals surface area contributed by atoms with E-state index in [2.05, 4.69) is 15.6 Å². The average molecular weight is 207 g/mol. The van der Waals surface area contributed by atoms with Gasteiger partial charge in [-0.2, -0.15) is 0 Å². The maximum atomic E-state index is 11.4. The summed E-state index contributed by atoms with van der Waals surface area (Å²) < 4.78 is 0. The molecule has 82 valence electrons. The fraction of sp³-hybridized carbons (Fsp3) is 0.455. The molecule has 0 aliphatic carbocycles. The molecule has 1 heterocycles. The molecule has 0 saturated heterocycles. The van der Waals surface area contributed by atoms with Crippen LogP contribution in [0, 0.1) is 6.92 Å². The molecule has 0 unspecified atom stereocenters. The SMILES string of the molecule is CNCCCC(=O)Nc1cccc(C)n1. The Balaban J connectivity index is 2.37. The summed E-state index contributed by atoms with van der Waals surface area (Å²) in [5.41, 5.74) is 0.906. The third-order valence-electron chi connectivity index (χ3n) is 1.99. The van der Waals surface area contributed by atoms with Crippen molar-refractivity contribution in [3.05, 3.63) is 23.9 Å². The maximum absolute atomic E-state index is 11.4. The van der Waals surface area contributed by atoms with Gasteiger partial charge in [-0.05, 0) is 39.1 Å². The Morgan fingerprint density at radius 1 is 1.47 bits per heavy atom. The number of rotatable bonds is 5. The van der Waals surface area contributed by atoms with E-state index in [-0.39, 0.29) is 5.91 Å². The van der Waals surface area contributed by atoms with Gasteiger partial charge < -0.3 is 10.6 Å². The normalized spacial score (nSPS) is 10.0. The Morgan fingerprint density at radius 2 is 2.27 bits per heavy atom. The van der Waals surface area contributed by atoms with E-state index in [1.54, 1.807) is 6.07 Å². The topological polar surface area (TPSA) is 54.0 Å². The highest BCUT2D eigenvalue weighted by atomic mass is 16.1. The number of aromatic nitrogens is 1. The molecule has 0 bridgehead atoms. The van der Waals surface area contributed by atoms with E-state index in [0.717, 1.165) is 18.7 Å². The lowest BCUT2D eigenvalue weighted by molar-refractivity contribution is -0.116. The van der Waals surface area contributed by atoms with Crippen LogP contribution in [0.5, 0.6) is 0 Å². The van der Waals surface area contributed by atoms with Crippen LogP contribution in [0.3, 0.4) is 0 Å². The van der Waals surface area contributed by atoms with Gasteiger partial charge in [0.05, 0.1) is 0 Å². The van der Waals surface area contributed by atoms with E-state index in [9.17, 15) is 4.79 Å². The molecule has 4 heteroatoms. The number of carbonyl (C=O) groups excluding carboxylic acids is 1. The summed E-state index contributed by atoms with van der Waals surface area (Å²) in [6.45, 7) is 2.76. The zero-order chi connectivity index (χ0) is 11.1. The standard InChI is InChI=1S/C11H17N3O/c1-9-5-3-6-10(13-9)14-11(15)7-4-8-12-2/h3,5-6,12H,4,7-8H2,1-2H3,(H,13,14,15). The summed E-state index contributed by atoms with van der Waals surface area (Å²) in [6, 6.07) is 5.57. The van der Waals surface area contributed by atoms with Crippen molar-refractivity contribution in [3.8, 4) is 0 Å². The minimum Gasteiger partial charge on any atom is -0.320 e. The van der Waals surface area contributed by atoms with Gasteiger partial charge in [0.2, 0.25) is 5.91 Å². The van der Waals surface area contributed by atoms with Crippen molar-refractivity contribution in [1.82, 2.24) is 10.3 Å². The monoisotopic (exact) mass is 207 g/mol. The number of aryl methyl sites for hydroxylation is 1. The van der Waals surface area contributed by atoms with Crippen LogP contribution >= 0.6 is 0 Å². The molecule has 0 aromatic carbocycles. The van der Waals surface area contributed by atoms with Crippen molar-refractivity contribution in [2.24, 2.45) is 0 Å². The molecule has 0 radical (unpaired) electrons. The van der Waals surface area contributed by atoms with Crippen LogP contribution in [0.15, 0.2) is 18.2 Å². The molecular weight excluding hydrogens is 190 g/mol. The summed E-state index contributed by atoms with van der Waals surface area (Å²) in [4.78, 5) is 15.6. The van der Waals surface area contributed by atoms with Crippen molar-refractivity contribution in [1.29, 1.82) is 0 Å². The first-order chi connectivity index (χ1) is 7.22. The van der Waals surface area contributed by atoms with E-state index < -0.39 is 0 Å². The average Bonchev–Trinajstić information content (AvgIpc) is 2.18. The summed E-state index contributed by atoms with van der Waals surface area (Å²) in [6.07, 6.45) is 1.37. The molecule has 1 rings (SSSR count). The van der Waals surface area contributed by atoms with Crippen LogP contribution in [0.2, 0.25) is 0 Å². The minimum atomic E-state index is 0.0170. The second kappa shape index (κ2) is 6.14. The zero-order valence-electron chi connectivity index (χ0n) is 9.21. The number of hydrogen-bond acceptors (Lipinski definition) is 3. The van der Waals surface area contributed by atoms with Gasteiger partial charge in [0.1, 0.15) is 5.82 Å². The van der Waals surface area contributed by atoms with Gasteiger partial charge in [-0.3, -0.25) is 4.79 Å². The molecule has 1 aromatic rings. The van der Waals surface area contributed by atoms with Crippen molar-refractivity contribution in [2.45, 2.75) is 19.8 Å². The molecule has 0 saturated carbocycles. The molecule has 0 spiro atoms. The van der Waals surface area contributed by atoms with Crippen LogP contribution < -0.4 is 10.6 Å². The predicted molar refractivity (Wildman–Crippen MR) is 60.8 cm³/mol. The lowest BCUT2D eigenvalue weighted by Crippen LogP contribution is -2.15. The number of carbonyl (C=O) groups is 1. The molecule has 0 aliphatic rings. The van der Waals surface area contributed by atoms with Crippen LogP contribution in [0.1, 0.15) is 18.5 Å². The molecule has 0 atom stereocenters. The van der Waals surface area contributed by atoms with E-state index in [1.165, 1.54) is 0 Å². The molecular formula is C11H17N3O. The molecule has 15 heavy (non-hydrogen) atoms. The molecule has 0 aliphatic heterocycles. The van der Waals surface area contributed by atoms with Gasteiger partial charge in [0, 0.05) is 12.1 Å². The Hall–Kier alpha value is -1.42. The maximum Gasteiger partial charge on any atom is 0.225 e. The first-order valence-electron chi connectivity index (χ1n) is 5.10. The van der Waals surface area contributed by atoms with Crippen molar-refractivity contribution in [2.75, 3.05) is 18.9 Å². The van der Waals surface area contributed by atoms with Crippen LogP contribution in [-0.4, -0.2) is 24.5 Å². The minimum absolute atomic E-state index is 0.0170. The predicted octanol–water partition coefficient (Wildman–Crippen LogP) is 1.33. The largest absolute Gasteiger partial charge is 0.320 e. The highest BCUT2D eigenvalue weighted by Crippen LogP contribution is 2.04. The van der Waals surface area contributed by atoms with E-state index in [4.69, 9.17) is 0 Å². The third kappa shape index (κ3) is 4.56. The summed E-state index contributed by atoms with van der Waals surface area (Å²) >= 11 is 0. The lowest BCUT2D eigenvalue weighted by Gasteiger charge is -2.04. The Labute approximate surface area is 90.1 Å².